The van der Waals surface area contributed by atoms with Gasteiger partial charge >= 0.3 is 5.97 Å². The minimum atomic E-state index is -0.955. The molecule has 3 N–H and O–H groups in total. The van der Waals surface area contributed by atoms with Gasteiger partial charge in [-0.3, -0.25) is 14.4 Å². The maximum atomic E-state index is 12.0. The molecule has 6 heteroatoms. The Balaban J connectivity index is 4.63. The molecule has 0 bridgehead atoms. The fraction of sp³-hybridized carbons (Fsp3) is 0.800. The third-order valence-corrected chi connectivity index (χ3v) is 3.83. The number of nitrogens with one attached hydrogen (secondary N) is 2. The molecule has 2 amide bonds. The maximum absolute atomic E-state index is 12.0. The molecular formula is C15H28N2O4. The lowest BCUT2D eigenvalue weighted by Gasteiger charge is -2.28. The molecule has 6 nitrogen and oxygen atoms in total. The van der Waals surface area contributed by atoms with Crippen LogP contribution in [0.5, 0.6) is 0 Å². The van der Waals surface area contributed by atoms with Crippen LogP contribution in [-0.4, -0.2) is 35.5 Å². The Kier molecular flexibility index (Phi) is 6.86. The first-order chi connectivity index (χ1) is 9.50. The van der Waals surface area contributed by atoms with Crippen molar-refractivity contribution in [3.8, 4) is 0 Å². The second-order valence-electron chi connectivity index (χ2n) is 6.46. The van der Waals surface area contributed by atoms with Crippen LogP contribution in [0.3, 0.4) is 0 Å². The number of carboxylic acid groups (broad SMARTS) is 1. The van der Waals surface area contributed by atoms with Crippen LogP contribution in [0.1, 0.15) is 54.4 Å². The fourth-order valence-electron chi connectivity index (χ4n) is 1.77. The number of carboxylic acids is 1. The molecule has 0 fully saturated rings. The summed E-state index contributed by atoms with van der Waals surface area (Å²) < 4.78 is 0. The standard InChI is InChI=1S/C15H28N2O4/c1-7-15(8-2,13(20)21)9-16-11(18)10(3)17-12(19)14(4,5)6/h10H,7-9H2,1-6H3,(H,16,18)(H,17,19)(H,20,21). The normalized spacial score (nSPS) is 13.4. The van der Waals surface area contributed by atoms with Gasteiger partial charge in [0.15, 0.2) is 0 Å². The van der Waals surface area contributed by atoms with Crippen LogP contribution in [0.4, 0.5) is 0 Å². The summed E-state index contributed by atoms with van der Waals surface area (Å²) in [6, 6.07) is -0.697. The molecule has 0 aromatic carbocycles. The average Bonchev–Trinajstić information content (AvgIpc) is 2.38. The zero-order valence-electron chi connectivity index (χ0n) is 13.9. The Morgan fingerprint density at radius 1 is 1.10 bits per heavy atom. The summed E-state index contributed by atoms with van der Waals surface area (Å²) in [6.45, 7) is 10.5. The smallest absolute Gasteiger partial charge is 0.311 e. The molecule has 0 radical (unpaired) electrons. The van der Waals surface area contributed by atoms with Gasteiger partial charge in [-0.05, 0) is 19.8 Å². The van der Waals surface area contributed by atoms with Gasteiger partial charge < -0.3 is 15.7 Å². The van der Waals surface area contributed by atoms with Gasteiger partial charge in [0, 0.05) is 12.0 Å². The summed E-state index contributed by atoms with van der Waals surface area (Å²) in [6.07, 6.45) is 0.865. The van der Waals surface area contributed by atoms with Crippen molar-refractivity contribution in [2.45, 2.75) is 60.4 Å². The van der Waals surface area contributed by atoms with Gasteiger partial charge in [0.1, 0.15) is 6.04 Å². The summed E-state index contributed by atoms with van der Waals surface area (Å²) in [4.78, 5) is 35.2. The molecule has 1 atom stereocenters. The van der Waals surface area contributed by atoms with E-state index in [2.05, 4.69) is 10.6 Å². The highest BCUT2D eigenvalue weighted by Gasteiger charge is 2.35. The van der Waals surface area contributed by atoms with E-state index < -0.39 is 22.8 Å². The first-order valence-corrected chi connectivity index (χ1v) is 7.32. The number of carbonyl (C=O) groups is 3. The van der Waals surface area contributed by atoms with Crippen LogP contribution < -0.4 is 10.6 Å². The topological polar surface area (TPSA) is 95.5 Å². The van der Waals surface area contributed by atoms with E-state index in [4.69, 9.17) is 0 Å². The van der Waals surface area contributed by atoms with Gasteiger partial charge in [-0.25, -0.2) is 0 Å². The quantitative estimate of drug-likeness (QED) is 0.664. The Labute approximate surface area is 126 Å². The molecule has 0 rings (SSSR count). The Morgan fingerprint density at radius 2 is 1.57 bits per heavy atom. The molecule has 0 aliphatic rings. The van der Waals surface area contributed by atoms with Crippen molar-refractivity contribution in [2.75, 3.05) is 6.54 Å². The van der Waals surface area contributed by atoms with Crippen molar-refractivity contribution < 1.29 is 19.5 Å². The van der Waals surface area contributed by atoms with E-state index in [9.17, 15) is 19.5 Å². The van der Waals surface area contributed by atoms with E-state index in [1.54, 1.807) is 41.5 Å². The molecule has 0 aromatic rings. The van der Waals surface area contributed by atoms with Gasteiger partial charge in [0.2, 0.25) is 11.8 Å². The molecule has 0 heterocycles. The van der Waals surface area contributed by atoms with Gasteiger partial charge in [-0.2, -0.15) is 0 Å². The van der Waals surface area contributed by atoms with Crippen LogP contribution in [0, 0.1) is 10.8 Å². The SMILES string of the molecule is CCC(CC)(CNC(=O)C(C)NC(=O)C(C)(C)C)C(=O)O. The van der Waals surface area contributed by atoms with Gasteiger partial charge in [-0.15, -0.1) is 0 Å². The van der Waals surface area contributed by atoms with Crippen LogP contribution in [-0.2, 0) is 14.4 Å². The molecule has 0 saturated carbocycles. The van der Waals surface area contributed by atoms with Crippen molar-refractivity contribution >= 4 is 17.8 Å². The van der Waals surface area contributed by atoms with Crippen LogP contribution in [0.2, 0.25) is 0 Å². The van der Waals surface area contributed by atoms with Crippen LogP contribution in [0.25, 0.3) is 0 Å². The first-order valence-electron chi connectivity index (χ1n) is 7.32. The van der Waals surface area contributed by atoms with Crippen LogP contribution in [0.15, 0.2) is 0 Å². The van der Waals surface area contributed by atoms with E-state index in [0.717, 1.165) is 0 Å². The predicted molar refractivity (Wildman–Crippen MR) is 80.7 cm³/mol. The van der Waals surface area contributed by atoms with E-state index in [0.29, 0.717) is 12.8 Å². The van der Waals surface area contributed by atoms with Gasteiger partial charge in [-0.1, -0.05) is 34.6 Å². The minimum absolute atomic E-state index is 0.0594. The minimum Gasteiger partial charge on any atom is -0.481 e. The molecule has 0 saturated heterocycles. The van der Waals surface area contributed by atoms with Crippen molar-refractivity contribution in [3.63, 3.8) is 0 Å². The third-order valence-electron chi connectivity index (χ3n) is 3.83. The number of aliphatic carboxylic acids is 1. The lowest BCUT2D eigenvalue weighted by atomic mass is 9.82. The zero-order chi connectivity index (χ0) is 16.8. The van der Waals surface area contributed by atoms with Crippen LogP contribution >= 0.6 is 0 Å². The molecule has 0 aliphatic heterocycles. The number of rotatable bonds is 7. The summed E-state index contributed by atoms with van der Waals surface area (Å²) >= 11 is 0. The summed E-state index contributed by atoms with van der Waals surface area (Å²) in [5.41, 5.74) is -1.53. The molecule has 0 aromatic heterocycles. The number of carbonyl (C=O) groups excluding carboxylic acids is 2. The monoisotopic (exact) mass is 300 g/mol. The van der Waals surface area contributed by atoms with E-state index in [-0.39, 0.29) is 18.4 Å². The van der Waals surface area contributed by atoms with Gasteiger partial charge in [0.05, 0.1) is 5.41 Å². The number of hydrogen-bond donors (Lipinski definition) is 3. The van der Waals surface area contributed by atoms with Crippen molar-refractivity contribution in [1.29, 1.82) is 0 Å². The third kappa shape index (κ3) is 5.36. The molecule has 0 aliphatic carbocycles. The highest BCUT2D eigenvalue weighted by Crippen LogP contribution is 2.25. The fourth-order valence-corrected chi connectivity index (χ4v) is 1.77. The molecule has 122 valence electrons. The highest BCUT2D eigenvalue weighted by atomic mass is 16.4. The summed E-state index contributed by atoms with van der Waals surface area (Å²) in [5, 5.41) is 14.6. The molecule has 0 spiro atoms. The first kappa shape index (κ1) is 19.4. The molecule has 1 unspecified atom stereocenters. The van der Waals surface area contributed by atoms with E-state index in [1.807, 2.05) is 0 Å². The van der Waals surface area contributed by atoms with Crippen molar-refractivity contribution in [1.82, 2.24) is 10.6 Å². The highest BCUT2D eigenvalue weighted by molar-refractivity contribution is 5.89. The van der Waals surface area contributed by atoms with E-state index in [1.165, 1.54) is 0 Å². The average molecular weight is 300 g/mol. The van der Waals surface area contributed by atoms with Crippen molar-refractivity contribution in [2.24, 2.45) is 10.8 Å². The number of amides is 2. The predicted octanol–water partition coefficient (Wildman–Crippen LogP) is 1.54. The summed E-state index contributed by atoms with van der Waals surface area (Å²) in [7, 11) is 0. The largest absolute Gasteiger partial charge is 0.481 e. The zero-order valence-corrected chi connectivity index (χ0v) is 13.9. The molecular weight excluding hydrogens is 272 g/mol. The summed E-state index contributed by atoms with van der Waals surface area (Å²) in [5.74, 6) is -1.51. The second-order valence-corrected chi connectivity index (χ2v) is 6.46. The Morgan fingerprint density at radius 3 is 1.90 bits per heavy atom. The lowest BCUT2D eigenvalue weighted by Crippen LogP contribution is -2.51. The lowest BCUT2D eigenvalue weighted by molar-refractivity contribution is -0.149. The Bertz CT molecular complexity index is 395. The van der Waals surface area contributed by atoms with Crippen molar-refractivity contribution in [3.05, 3.63) is 0 Å². The Hall–Kier alpha value is -1.59. The molecule has 21 heavy (non-hydrogen) atoms. The van der Waals surface area contributed by atoms with Gasteiger partial charge in [0.25, 0.3) is 0 Å². The van der Waals surface area contributed by atoms with E-state index >= 15 is 0 Å². The maximum Gasteiger partial charge on any atom is 0.311 e. The number of hydrogen-bond acceptors (Lipinski definition) is 3. The second kappa shape index (κ2) is 7.43.